The highest BCUT2D eigenvalue weighted by atomic mass is 16.6. The SMILES string of the molecule is CCCC/C=C\CCCCCCCC(=O)OC[C@@H](COC(=O)CCCCCCCCC/C=C\CCCCCC)OC(=O)CCCCCCCCCCCCCCC. The number of hydrogen-bond donors (Lipinski definition) is 0. The molecule has 6 heteroatoms. The Morgan fingerprint density at radius 1 is 0.333 bits per heavy atom. The minimum Gasteiger partial charge on any atom is -0.462 e. The van der Waals surface area contributed by atoms with Crippen molar-refractivity contribution in [2.75, 3.05) is 13.2 Å². The molecule has 6 nitrogen and oxygen atoms in total. The van der Waals surface area contributed by atoms with Crippen LogP contribution in [0.15, 0.2) is 24.3 Å². The van der Waals surface area contributed by atoms with Crippen LogP contribution < -0.4 is 0 Å². The van der Waals surface area contributed by atoms with Crippen molar-refractivity contribution in [3.05, 3.63) is 24.3 Å². The molecule has 0 N–H and O–H groups in total. The Hall–Kier alpha value is -2.11. The van der Waals surface area contributed by atoms with Gasteiger partial charge < -0.3 is 14.2 Å². The lowest BCUT2D eigenvalue weighted by Gasteiger charge is -2.18. The molecule has 0 spiro atoms. The fourth-order valence-corrected chi connectivity index (χ4v) is 7.12. The molecule has 334 valence electrons. The lowest BCUT2D eigenvalue weighted by molar-refractivity contribution is -0.167. The van der Waals surface area contributed by atoms with Crippen LogP contribution in [0.2, 0.25) is 0 Å². The molecule has 0 aromatic rings. The number of unbranched alkanes of at least 4 members (excludes halogenated alkanes) is 30. The first-order chi connectivity index (χ1) is 28.0. The molecular weight excluding hydrogens is 709 g/mol. The molecule has 0 aliphatic heterocycles. The molecule has 0 saturated carbocycles. The number of ether oxygens (including phenoxy) is 3. The fraction of sp³-hybridized carbons (Fsp3) is 0.863. The minimum atomic E-state index is -0.770. The van der Waals surface area contributed by atoms with Gasteiger partial charge >= 0.3 is 17.9 Å². The summed E-state index contributed by atoms with van der Waals surface area (Å²) in [6.45, 7) is 6.59. The molecule has 0 radical (unpaired) electrons. The van der Waals surface area contributed by atoms with Gasteiger partial charge in [-0.25, -0.2) is 0 Å². The van der Waals surface area contributed by atoms with Gasteiger partial charge in [0.15, 0.2) is 6.10 Å². The van der Waals surface area contributed by atoms with Crippen molar-refractivity contribution in [3.63, 3.8) is 0 Å². The van der Waals surface area contributed by atoms with Crippen LogP contribution in [-0.4, -0.2) is 37.2 Å². The van der Waals surface area contributed by atoms with Crippen LogP contribution in [0.5, 0.6) is 0 Å². The summed E-state index contributed by atoms with van der Waals surface area (Å²) in [5.41, 5.74) is 0. The van der Waals surface area contributed by atoms with Crippen LogP contribution in [0, 0.1) is 0 Å². The summed E-state index contributed by atoms with van der Waals surface area (Å²) in [4.78, 5) is 37.8. The van der Waals surface area contributed by atoms with E-state index < -0.39 is 6.10 Å². The predicted octanol–water partition coefficient (Wildman–Crippen LogP) is 16.0. The standard InChI is InChI=1S/C51H94O6/c1-4-7-10-13-16-19-22-24-25-27-29-32-35-38-41-44-50(53)56-47-48(46-55-49(52)43-40-37-34-31-28-21-18-15-12-9-6-3)57-51(54)45-42-39-36-33-30-26-23-20-17-14-11-8-5-2/h15,18-19,22,48H,4-14,16-17,20-21,23-47H2,1-3H3/b18-15-,22-19-/t48-/m0/s1. The summed E-state index contributed by atoms with van der Waals surface area (Å²) < 4.78 is 16.8. The van der Waals surface area contributed by atoms with E-state index in [0.29, 0.717) is 19.3 Å². The topological polar surface area (TPSA) is 78.9 Å². The van der Waals surface area contributed by atoms with Gasteiger partial charge in [0.05, 0.1) is 0 Å². The van der Waals surface area contributed by atoms with E-state index in [1.54, 1.807) is 0 Å². The molecule has 1 atom stereocenters. The zero-order valence-corrected chi connectivity index (χ0v) is 38.1. The van der Waals surface area contributed by atoms with Crippen molar-refractivity contribution in [1.29, 1.82) is 0 Å². The van der Waals surface area contributed by atoms with E-state index in [-0.39, 0.29) is 31.1 Å². The van der Waals surface area contributed by atoms with Gasteiger partial charge in [-0.2, -0.15) is 0 Å². The zero-order chi connectivity index (χ0) is 41.5. The van der Waals surface area contributed by atoms with Crippen molar-refractivity contribution in [1.82, 2.24) is 0 Å². The van der Waals surface area contributed by atoms with Crippen molar-refractivity contribution in [2.24, 2.45) is 0 Å². The first kappa shape index (κ1) is 54.9. The van der Waals surface area contributed by atoms with Crippen LogP contribution in [0.25, 0.3) is 0 Å². The first-order valence-corrected chi connectivity index (χ1v) is 24.8. The Kier molecular flexibility index (Phi) is 44.9. The Morgan fingerprint density at radius 2 is 0.596 bits per heavy atom. The molecule has 0 bridgehead atoms. The molecule has 0 saturated heterocycles. The van der Waals surface area contributed by atoms with E-state index in [0.717, 1.165) is 64.2 Å². The van der Waals surface area contributed by atoms with E-state index >= 15 is 0 Å². The van der Waals surface area contributed by atoms with Gasteiger partial charge in [-0.05, 0) is 64.2 Å². The van der Waals surface area contributed by atoms with Crippen LogP contribution in [0.3, 0.4) is 0 Å². The number of allylic oxidation sites excluding steroid dienone is 4. The normalized spacial score (nSPS) is 12.1. The monoisotopic (exact) mass is 803 g/mol. The Balaban J connectivity index is 4.34. The van der Waals surface area contributed by atoms with E-state index in [4.69, 9.17) is 14.2 Å². The zero-order valence-electron chi connectivity index (χ0n) is 38.1. The Labute approximate surface area is 353 Å². The second-order valence-corrected chi connectivity index (χ2v) is 16.7. The van der Waals surface area contributed by atoms with Gasteiger partial charge in [-0.3, -0.25) is 14.4 Å². The van der Waals surface area contributed by atoms with Crippen LogP contribution in [-0.2, 0) is 28.6 Å². The molecule has 0 unspecified atom stereocenters. The third-order valence-corrected chi connectivity index (χ3v) is 10.9. The van der Waals surface area contributed by atoms with Gasteiger partial charge in [0.1, 0.15) is 13.2 Å². The average Bonchev–Trinajstić information content (AvgIpc) is 3.21. The summed E-state index contributed by atoms with van der Waals surface area (Å²) >= 11 is 0. The third kappa shape index (κ3) is 44.8. The lowest BCUT2D eigenvalue weighted by Crippen LogP contribution is -2.30. The Morgan fingerprint density at radius 3 is 0.947 bits per heavy atom. The number of carbonyl (C=O) groups is 3. The molecule has 0 amide bonds. The van der Waals surface area contributed by atoms with Gasteiger partial charge in [0, 0.05) is 19.3 Å². The molecule has 57 heavy (non-hydrogen) atoms. The van der Waals surface area contributed by atoms with E-state index in [1.807, 2.05) is 0 Å². The van der Waals surface area contributed by atoms with Gasteiger partial charge in [0.25, 0.3) is 0 Å². The number of hydrogen-bond acceptors (Lipinski definition) is 6. The fourth-order valence-electron chi connectivity index (χ4n) is 7.12. The highest BCUT2D eigenvalue weighted by Crippen LogP contribution is 2.15. The second-order valence-electron chi connectivity index (χ2n) is 16.7. The van der Waals surface area contributed by atoms with E-state index in [9.17, 15) is 14.4 Å². The molecule has 0 rings (SSSR count). The van der Waals surface area contributed by atoms with Crippen molar-refractivity contribution in [3.8, 4) is 0 Å². The van der Waals surface area contributed by atoms with Gasteiger partial charge in [-0.1, -0.05) is 206 Å². The maximum absolute atomic E-state index is 12.7. The largest absolute Gasteiger partial charge is 0.462 e. The molecule has 0 aromatic heterocycles. The molecule has 0 heterocycles. The highest BCUT2D eigenvalue weighted by Gasteiger charge is 2.19. The number of esters is 3. The summed E-state index contributed by atoms with van der Waals surface area (Å²) in [7, 11) is 0. The number of carbonyl (C=O) groups excluding carboxylic acids is 3. The predicted molar refractivity (Wildman–Crippen MR) is 243 cm³/mol. The quantitative estimate of drug-likeness (QED) is 0.0264. The summed E-state index contributed by atoms with van der Waals surface area (Å²) in [5.74, 6) is -0.877. The molecule has 0 aliphatic carbocycles. The smallest absolute Gasteiger partial charge is 0.306 e. The van der Waals surface area contributed by atoms with Gasteiger partial charge in [-0.15, -0.1) is 0 Å². The summed E-state index contributed by atoms with van der Waals surface area (Å²) in [6.07, 6.45) is 51.5. The summed E-state index contributed by atoms with van der Waals surface area (Å²) in [6, 6.07) is 0. The van der Waals surface area contributed by atoms with Crippen molar-refractivity contribution >= 4 is 17.9 Å². The molecule has 0 aromatic carbocycles. The van der Waals surface area contributed by atoms with E-state index in [2.05, 4.69) is 45.1 Å². The van der Waals surface area contributed by atoms with Crippen molar-refractivity contribution in [2.45, 2.75) is 271 Å². The average molecular weight is 803 g/mol. The highest BCUT2D eigenvalue weighted by molar-refractivity contribution is 5.71. The van der Waals surface area contributed by atoms with Crippen LogP contribution >= 0.6 is 0 Å². The number of rotatable bonds is 45. The maximum Gasteiger partial charge on any atom is 0.306 e. The van der Waals surface area contributed by atoms with Crippen LogP contribution in [0.1, 0.15) is 265 Å². The van der Waals surface area contributed by atoms with Crippen molar-refractivity contribution < 1.29 is 28.6 Å². The second kappa shape index (κ2) is 46.6. The van der Waals surface area contributed by atoms with Gasteiger partial charge in [0.2, 0.25) is 0 Å². The molecule has 0 aliphatic rings. The Bertz CT molecular complexity index is 927. The van der Waals surface area contributed by atoms with E-state index in [1.165, 1.54) is 161 Å². The lowest BCUT2D eigenvalue weighted by atomic mass is 10.0. The third-order valence-electron chi connectivity index (χ3n) is 10.9. The molecule has 0 fully saturated rings. The molecular formula is C51H94O6. The van der Waals surface area contributed by atoms with Crippen LogP contribution in [0.4, 0.5) is 0 Å². The minimum absolute atomic E-state index is 0.0729. The summed E-state index contributed by atoms with van der Waals surface area (Å²) in [5, 5.41) is 0. The first-order valence-electron chi connectivity index (χ1n) is 24.8. The maximum atomic E-state index is 12.7.